The molecule has 1 aromatic carbocycles. The van der Waals surface area contributed by atoms with Crippen LogP contribution in [0, 0.1) is 13.8 Å². The highest BCUT2D eigenvalue weighted by Crippen LogP contribution is 2.34. The van der Waals surface area contributed by atoms with Crippen molar-refractivity contribution in [2.45, 2.75) is 111 Å². The lowest BCUT2D eigenvalue weighted by atomic mass is 9.89. The molecule has 0 saturated carbocycles. The third kappa shape index (κ3) is 11.4. The number of esters is 1. The van der Waals surface area contributed by atoms with Crippen molar-refractivity contribution < 1.29 is 33.4 Å². The number of primary amides is 1. The lowest BCUT2D eigenvalue weighted by Crippen LogP contribution is -2.59. The lowest BCUT2D eigenvalue weighted by Gasteiger charge is -2.45. The van der Waals surface area contributed by atoms with Crippen molar-refractivity contribution in [3.8, 4) is 0 Å². The van der Waals surface area contributed by atoms with Crippen molar-refractivity contribution in [3.63, 3.8) is 0 Å². The highest BCUT2D eigenvalue weighted by Gasteiger charge is 2.43. The fourth-order valence-electron chi connectivity index (χ4n) is 4.25. The van der Waals surface area contributed by atoms with Crippen LogP contribution < -0.4 is 16.4 Å². The van der Waals surface area contributed by atoms with Crippen LogP contribution in [-0.2, 0) is 28.7 Å². The van der Waals surface area contributed by atoms with E-state index in [1.807, 2.05) is 46.8 Å². The van der Waals surface area contributed by atoms with E-state index in [-0.39, 0.29) is 32.4 Å². The van der Waals surface area contributed by atoms with Crippen LogP contribution in [0.25, 0.3) is 0 Å². The number of carbonyl (C=O) groups is 5. The third-order valence-electron chi connectivity index (χ3n) is 6.58. The molecule has 2 atom stereocenters. The minimum absolute atomic E-state index is 0.00885. The number of alkyl carbamates (subject to hydrolysis) is 1. The molecule has 0 aromatic heterocycles. The van der Waals surface area contributed by atoms with Gasteiger partial charge in [-0.05, 0) is 79.4 Å². The molecule has 0 aliphatic heterocycles. The maximum absolute atomic E-state index is 14.4. The normalized spacial score (nSPS) is 13.0. The number of hydrogen-bond acceptors (Lipinski definition) is 7. The average Bonchev–Trinajstić information content (AvgIpc) is 2.84. The second-order valence-electron chi connectivity index (χ2n) is 11.7. The molecule has 11 heteroatoms. The third-order valence-corrected chi connectivity index (χ3v) is 6.58. The Balaban J connectivity index is 3.65. The molecule has 0 aliphatic carbocycles. The van der Waals surface area contributed by atoms with Crippen LogP contribution >= 0.6 is 0 Å². The predicted octanol–water partition coefficient (Wildman–Crippen LogP) is 3.59. The highest BCUT2D eigenvalue weighted by molar-refractivity contribution is 5.93. The summed E-state index contributed by atoms with van der Waals surface area (Å²) < 4.78 is 10.3. The van der Waals surface area contributed by atoms with Gasteiger partial charge < -0.3 is 30.7 Å². The van der Waals surface area contributed by atoms with E-state index in [0.29, 0.717) is 12.0 Å². The van der Waals surface area contributed by atoms with Gasteiger partial charge in [0.15, 0.2) is 0 Å². The molecule has 0 radical (unpaired) electrons. The first-order valence-electron chi connectivity index (χ1n) is 14.0. The van der Waals surface area contributed by atoms with E-state index < -0.39 is 53.0 Å². The second kappa shape index (κ2) is 15.4. The molecule has 4 amide bonds. The Bertz CT molecular complexity index is 1090. The van der Waals surface area contributed by atoms with E-state index in [0.717, 1.165) is 11.1 Å². The maximum Gasteiger partial charge on any atom is 0.408 e. The number of carbonyl (C=O) groups excluding carboxylic acids is 5. The number of benzene rings is 1. The summed E-state index contributed by atoms with van der Waals surface area (Å²) in [6.45, 7) is 16.3. The summed E-state index contributed by atoms with van der Waals surface area (Å²) in [7, 11) is 0. The van der Waals surface area contributed by atoms with Gasteiger partial charge in [-0.15, -0.1) is 0 Å². The SMILES string of the molecule is CCOC(=O)CCNC(=O)C(c1ccc(C)cc1C)N(C(=O)C(CCC(N)=O)NC(=O)OC(C)(C)C)C(C)(C)CC. The molecule has 230 valence electrons. The number of rotatable bonds is 14. The van der Waals surface area contributed by atoms with Gasteiger partial charge in [0, 0.05) is 18.5 Å². The van der Waals surface area contributed by atoms with Gasteiger partial charge in [0.25, 0.3) is 0 Å². The van der Waals surface area contributed by atoms with E-state index in [1.54, 1.807) is 33.8 Å². The van der Waals surface area contributed by atoms with Gasteiger partial charge in [0.1, 0.15) is 17.7 Å². The molecule has 41 heavy (non-hydrogen) atoms. The van der Waals surface area contributed by atoms with Gasteiger partial charge in [-0.25, -0.2) is 4.79 Å². The average molecular weight is 577 g/mol. The van der Waals surface area contributed by atoms with Crippen LogP contribution in [0.5, 0.6) is 0 Å². The van der Waals surface area contributed by atoms with E-state index >= 15 is 0 Å². The van der Waals surface area contributed by atoms with Crippen LogP contribution in [0.3, 0.4) is 0 Å². The van der Waals surface area contributed by atoms with Gasteiger partial charge in [-0.1, -0.05) is 30.7 Å². The predicted molar refractivity (Wildman–Crippen MR) is 156 cm³/mol. The highest BCUT2D eigenvalue weighted by atomic mass is 16.6. The molecule has 11 nitrogen and oxygen atoms in total. The summed E-state index contributed by atoms with van der Waals surface area (Å²) in [5, 5.41) is 5.38. The number of aryl methyl sites for hydroxylation is 2. The minimum Gasteiger partial charge on any atom is -0.466 e. The zero-order chi connectivity index (χ0) is 31.5. The number of amides is 4. The van der Waals surface area contributed by atoms with Crippen molar-refractivity contribution in [3.05, 3.63) is 34.9 Å². The minimum atomic E-state index is -1.20. The summed E-state index contributed by atoms with van der Waals surface area (Å²) >= 11 is 0. The van der Waals surface area contributed by atoms with Crippen molar-refractivity contribution >= 4 is 29.8 Å². The van der Waals surface area contributed by atoms with E-state index in [4.69, 9.17) is 15.2 Å². The van der Waals surface area contributed by atoms with Crippen molar-refractivity contribution in [2.75, 3.05) is 13.2 Å². The molecule has 0 aliphatic rings. The summed E-state index contributed by atoms with van der Waals surface area (Å²) in [6.07, 6.45) is -0.673. The first kappa shape index (κ1) is 35.4. The standard InChI is InChI=1S/C30H48N4O7/c1-10-30(8,9)34(27(38)22(14-15-23(31)35)33-28(39)41-29(5,6)7)25(21-13-12-19(3)18-20(21)4)26(37)32-17-16-24(36)40-11-2/h12-13,18,22,25H,10-11,14-17H2,1-9H3,(H2,31,35)(H,32,37)(H,33,39). The lowest BCUT2D eigenvalue weighted by molar-refractivity contribution is -0.150. The van der Waals surface area contributed by atoms with Crippen LogP contribution in [0.15, 0.2) is 18.2 Å². The Kier molecular flexibility index (Phi) is 13.3. The van der Waals surface area contributed by atoms with Crippen molar-refractivity contribution in [1.29, 1.82) is 0 Å². The molecule has 4 N–H and O–H groups in total. The molecule has 2 unspecified atom stereocenters. The smallest absolute Gasteiger partial charge is 0.408 e. The second-order valence-corrected chi connectivity index (χ2v) is 11.7. The Morgan fingerprint density at radius 3 is 2.15 bits per heavy atom. The fraction of sp³-hybridized carbons (Fsp3) is 0.633. The summed E-state index contributed by atoms with van der Waals surface area (Å²) in [5.74, 6) is -2.17. The van der Waals surface area contributed by atoms with Gasteiger partial charge >= 0.3 is 12.1 Å². The number of nitrogens with two attached hydrogens (primary N) is 1. The molecule has 0 bridgehead atoms. The number of nitrogens with zero attached hydrogens (tertiary/aromatic N) is 1. The maximum atomic E-state index is 14.4. The largest absolute Gasteiger partial charge is 0.466 e. The van der Waals surface area contributed by atoms with Crippen molar-refractivity contribution in [1.82, 2.24) is 15.5 Å². The Hall–Kier alpha value is -3.63. The summed E-state index contributed by atoms with van der Waals surface area (Å²) in [6, 6.07) is 3.25. The van der Waals surface area contributed by atoms with Crippen molar-refractivity contribution in [2.24, 2.45) is 5.73 Å². The van der Waals surface area contributed by atoms with E-state index in [1.165, 1.54) is 4.90 Å². The molecule has 1 aromatic rings. The Morgan fingerprint density at radius 1 is 1.00 bits per heavy atom. The quantitative estimate of drug-likeness (QED) is 0.286. The number of hydrogen-bond donors (Lipinski definition) is 3. The molecule has 1 rings (SSSR count). The monoisotopic (exact) mass is 576 g/mol. The topological polar surface area (TPSA) is 157 Å². The van der Waals surface area contributed by atoms with Crippen LogP contribution in [0.2, 0.25) is 0 Å². The molecule has 0 heterocycles. The van der Waals surface area contributed by atoms with Gasteiger partial charge in [0.2, 0.25) is 17.7 Å². The fourth-order valence-corrected chi connectivity index (χ4v) is 4.25. The molecular formula is C30H48N4O7. The number of nitrogens with one attached hydrogen (secondary N) is 2. The van der Waals surface area contributed by atoms with E-state index in [2.05, 4.69) is 10.6 Å². The van der Waals surface area contributed by atoms with Crippen LogP contribution in [0.4, 0.5) is 4.79 Å². The van der Waals surface area contributed by atoms with Gasteiger partial charge in [-0.3, -0.25) is 19.2 Å². The van der Waals surface area contributed by atoms with Crippen LogP contribution in [0.1, 0.15) is 96.9 Å². The molecular weight excluding hydrogens is 528 g/mol. The molecule has 0 saturated heterocycles. The zero-order valence-corrected chi connectivity index (χ0v) is 26.0. The first-order valence-corrected chi connectivity index (χ1v) is 14.0. The summed E-state index contributed by atoms with van der Waals surface area (Å²) in [4.78, 5) is 66.0. The Labute approximate surface area is 243 Å². The zero-order valence-electron chi connectivity index (χ0n) is 26.0. The number of ether oxygens (including phenoxy) is 2. The first-order chi connectivity index (χ1) is 18.9. The van der Waals surface area contributed by atoms with Crippen LogP contribution in [-0.4, -0.2) is 65.0 Å². The molecule has 0 fully saturated rings. The van der Waals surface area contributed by atoms with Gasteiger partial charge in [-0.2, -0.15) is 0 Å². The molecule has 0 spiro atoms. The summed E-state index contributed by atoms with van der Waals surface area (Å²) in [5.41, 5.74) is 6.03. The Morgan fingerprint density at radius 2 is 1.63 bits per heavy atom. The van der Waals surface area contributed by atoms with Gasteiger partial charge in [0.05, 0.1) is 13.0 Å². The van der Waals surface area contributed by atoms with E-state index in [9.17, 15) is 24.0 Å².